The van der Waals surface area contributed by atoms with E-state index in [0.717, 1.165) is 0 Å². The number of hydrogen-bond acceptors (Lipinski definition) is 2. The van der Waals surface area contributed by atoms with Gasteiger partial charge in [-0.1, -0.05) is 12.1 Å². The van der Waals surface area contributed by atoms with Gasteiger partial charge in [0.2, 0.25) is 0 Å². The van der Waals surface area contributed by atoms with Crippen molar-refractivity contribution in [3.63, 3.8) is 0 Å². The molecule has 0 radical (unpaired) electrons. The lowest BCUT2D eigenvalue weighted by Gasteiger charge is -2.12. The van der Waals surface area contributed by atoms with Gasteiger partial charge in [-0.3, -0.25) is 4.79 Å². The van der Waals surface area contributed by atoms with Gasteiger partial charge in [0.25, 0.3) is 0 Å². The van der Waals surface area contributed by atoms with Gasteiger partial charge in [0.1, 0.15) is 5.69 Å². The fourth-order valence-electron chi connectivity index (χ4n) is 2.44. The molecule has 6 heteroatoms. The molecular weight excluding hydrogens is 281 g/mol. The molecule has 1 N–H and O–H groups in total. The smallest absolute Gasteiger partial charge is 0.351 e. The van der Waals surface area contributed by atoms with Crippen molar-refractivity contribution in [1.82, 2.24) is 9.88 Å². The number of nitrogens with zero attached hydrogens (tertiary/aromatic N) is 1. The Morgan fingerprint density at radius 2 is 1.95 bits per heavy atom. The number of nitrogens with one attached hydrogen (secondary N) is 1. The lowest BCUT2D eigenvalue weighted by Crippen LogP contribution is -2.17. The Kier molecular flexibility index (Phi) is 4.09. The van der Waals surface area contributed by atoms with E-state index in [1.165, 1.54) is 6.92 Å². The second kappa shape index (κ2) is 5.52. The Morgan fingerprint density at radius 3 is 2.48 bits per heavy atom. The van der Waals surface area contributed by atoms with Gasteiger partial charge in [-0.2, -0.15) is 13.2 Å². The number of aromatic nitrogens is 1. The Hall–Kier alpha value is -1.82. The highest BCUT2D eigenvalue weighted by atomic mass is 19.4. The molecule has 2 rings (SSSR count). The number of hydrogen-bond donors (Lipinski definition) is 1. The number of alkyl halides is 3. The van der Waals surface area contributed by atoms with E-state index in [-0.39, 0.29) is 17.8 Å². The summed E-state index contributed by atoms with van der Waals surface area (Å²) >= 11 is 0. The molecule has 0 atom stereocenters. The normalized spacial score (nSPS) is 12.3. The first kappa shape index (κ1) is 15.6. The van der Waals surface area contributed by atoms with Crippen molar-refractivity contribution in [2.45, 2.75) is 19.5 Å². The van der Waals surface area contributed by atoms with Gasteiger partial charge in [-0.25, -0.2) is 0 Å². The van der Waals surface area contributed by atoms with E-state index in [0.29, 0.717) is 23.0 Å². The van der Waals surface area contributed by atoms with Crippen LogP contribution in [0.4, 0.5) is 13.2 Å². The number of H-pyrrole nitrogens is 1. The first-order chi connectivity index (χ1) is 9.71. The highest BCUT2D eigenvalue weighted by Gasteiger charge is 2.36. The Labute approximate surface area is 120 Å². The zero-order chi connectivity index (χ0) is 15.8. The van der Waals surface area contributed by atoms with Crippen LogP contribution in [0, 0.1) is 0 Å². The number of aromatic amines is 1. The van der Waals surface area contributed by atoms with Gasteiger partial charge < -0.3 is 9.88 Å². The number of benzene rings is 1. The van der Waals surface area contributed by atoms with Crippen LogP contribution in [0.2, 0.25) is 0 Å². The Bertz CT molecular complexity index is 671. The molecule has 114 valence electrons. The van der Waals surface area contributed by atoms with Crippen LogP contribution in [0.15, 0.2) is 18.2 Å². The fraction of sp³-hybridized carbons (Fsp3) is 0.400. The molecule has 0 bridgehead atoms. The topological polar surface area (TPSA) is 36.1 Å². The number of carbonyl (C=O) groups is 1. The molecule has 1 heterocycles. The van der Waals surface area contributed by atoms with Crippen LogP contribution in [0.3, 0.4) is 0 Å². The molecular formula is C15H17F3N2O. The summed E-state index contributed by atoms with van der Waals surface area (Å²) in [4.78, 5) is 15.9. The van der Waals surface area contributed by atoms with E-state index in [1.54, 1.807) is 32.3 Å². The summed E-state index contributed by atoms with van der Waals surface area (Å²) < 4.78 is 39.6. The predicted molar refractivity (Wildman–Crippen MR) is 75.6 cm³/mol. The standard InChI is InChI=1S/C15H17F3N2O/c1-9(21)10-5-4-6-12-13(10)11(7-8-20(2)3)14(19-12)15(16,17)18/h4-6,19H,7-8H2,1-3H3. The third-order valence-electron chi connectivity index (χ3n) is 3.40. The molecule has 3 nitrogen and oxygen atoms in total. The van der Waals surface area contributed by atoms with E-state index < -0.39 is 11.9 Å². The molecule has 0 spiro atoms. The van der Waals surface area contributed by atoms with Gasteiger partial charge in [0.15, 0.2) is 5.78 Å². The largest absolute Gasteiger partial charge is 0.431 e. The van der Waals surface area contributed by atoms with Crippen LogP contribution in [-0.4, -0.2) is 36.3 Å². The van der Waals surface area contributed by atoms with E-state index in [9.17, 15) is 18.0 Å². The highest BCUT2D eigenvalue weighted by Crippen LogP contribution is 2.37. The molecule has 0 amide bonds. The van der Waals surface area contributed by atoms with E-state index in [2.05, 4.69) is 4.98 Å². The van der Waals surface area contributed by atoms with Crippen molar-refractivity contribution in [3.8, 4) is 0 Å². The highest BCUT2D eigenvalue weighted by molar-refractivity contribution is 6.08. The van der Waals surface area contributed by atoms with Gasteiger partial charge >= 0.3 is 6.18 Å². The molecule has 2 aromatic rings. The van der Waals surface area contributed by atoms with Crippen molar-refractivity contribution in [2.75, 3.05) is 20.6 Å². The van der Waals surface area contributed by atoms with Crippen LogP contribution in [0.25, 0.3) is 10.9 Å². The number of fused-ring (bicyclic) bond motifs is 1. The summed E-state index contributed by atoms with van der Waals surface area (Å²) in [6.45, 7) is 1.84. The third-order valence-corrected chi connectivity index (χ3v) is 3.40. The summed E-state index contributed by atoms with van der Waals surface area (Å²) in [5, 5.41) is 0.388. The summed E-state index contributed by atoms with van der Waals surface area (Å²) in [5.74, 6) is -0.237. The van der Waals surface area contributed by atoms with E-state index >= 15 is 0 Å². The van der Waals surface area contributed by atoms with E-state index in [1.807, 2.05) is 4.90 Å². The van der Waals surface area contributed by atoms with Crippen molar-refractivity contribution in [2.24, 2.45) is 0 Å². The Balaban J connectivity index is 2.70. The van der Waals surface area contributed by atoms with Crippen molar-refractivity contribution in [1.29, 1.82) is 0 Å². The molecule has 0 aliphatic heterocycles. The maximum atomic E-state index is 13.2. The zero-order valence-electron chi connectivity index (χ0n) is 12.1. The number of likely N-dealkylation sites (N-methyl/N-ethyl adjacent to an activating group) is 1. The molecule has 0 saturated heterocycles. The number of Topliss-reactive ketones (excluding diaryl/α,β-unsaturated/α-hetero) is 1. The van der Waals surface area contributed by atoms with Crippen molar-refractivity contribution >= 4 is 16.7 Å². The molecule has 0 aliphatic rings. The minimum atomic E-state index is -4.46. The number of carbonyl (C=O) groups excluding carboxylic acids is 1. The summed E-state index contributed by atoms with van der Waals surface area (Å²) in [6, 6.07) is 4.72. The number of halogens is 3. The first-order valence-corrected chi connectivity index (χ1v) is 6.58. The lowest BCUT2D eigenvalue weighted by atomic mass is 10.00. The summed E-state index contributed by atoms with van der Waals surface area (Å²) in [7, 11) is 3.60. The molecule has 1 aromatic carbocycles. The predicted octanol–water partition coefficient (Wildman–Crippen LogP) is 3.49. The van der Waals surface area contributed by atoms with Gasteiger partial charge in [-0.05, 0) is 39.1 Å². The number of ketones is 1. The minimum absolute atomic E-state index is 0.164. The van der Waals surface area contributed by atoms with Gasteiger partial charge in [0, 0.05) is 23.0 Å². The maximum Gasteiger partial charge on any atom is 0.431 e. The maximum absolute atomic E-state index is 13.2. The fourth-order valence-corrected chi connectivity index (χ4v) is 2.44. The zero-order valence-corrected chi connectivity index (χ0v) is 12.1. The summed E-state index contributed by atoms with van der Waals surface area (Å²) in [6.07, 6.45) is -4.24. The second-order valence-corrected chi connectivity index (χ2v) is 5.31. The van der Waals surface area contributed by atoms with Gasteiger partial charge in [0.05, 0.1) is 0 Å². The first-order valence-electron chi connectivity index (χ1n) is 6.58. The minimum Gasteiger partial charge on any atom is -0.351 e. The van der Waals surface area contributed by atoms with Gasteiger partial charge in [-0.15, -0.1) is 0 Å². The average Bonchev–Trinajstić information content (AvgIpc) is 2.74. The average molecular weight is 298 g/mol. The molecule has 0 saturated carbocycles. The quantitative estimate of drug-likeness (QED) is 0.877. The van der Waals surface area contributed by atoms with Crippen LogP contribution >= 0.6 is 0 Å². The molecule has 21 heavy (non-hydrogen) atoms. The van der Waals surface area contributed by atoms with Crippen LogP contribution < -0.4 is 0 Å². The molecule has 0 aliphatic carbocycles. The van der Waals surface area contributed by atoms with Crippen molar-refractivity contribution in [3.05, 3.63) is 35.0 Å². The molecule has 1 aromatic heterocycles. The van der Waals surface area contributed by atoms with Crippen LogP contribution in [0.1, 0.15) is 28.5 Å². The number of rotatable bonds is 4. The van der Waals surface area contributed by atoms with Crippen LogP contribution in [-0.2, 0) is 12.6 Å². The van der Waals surface area contributed by atoms with E-state index in [4.69, 9.17) is 0 Å². The van der Waals surface area contributed by atoms with Crippen molar-refractivity contribution < 1.29 is 18.0 Å². The SMILES string of the molecule is CC(=O)c1cccc2[nH]c(C(F)(F)F)c(CCN(C)C)c12. The molecule has 0 unspecified atom stereocenters. The molecule has 0 fully saturated rings. The monoisotopic (exact) mass is 298 g/mol. The Morgan fingerprint density at radius 1 is 1.29 bits per heavy atom. The van der Waals surface area contributed by atoms with Crippen LogP contribution in [0.5, 0.6) is 0 Å². The summed E-state index contributed by atoms with van der Waals surface area (Å²) in [5.41, 5.74) is 0.0850. The third kappa shape index (κ3) is 3.10. The lowest BCUT2D eigenvalue weighted by molar-refractivity contribution is -0.141. The second-order valence-electron chi connectivity index (χ2n) is 5.31.